The van der Waals surface area contributed by atoms with E-state index in [-0.39, 0.29) is 42.4 Å². The predicted octanol–water partition coefficient (Wildman–Crippen LogP) is 6.16. The summed E-state index contributed by atoms with van der Waals surface area (Å²) in [6.07, 6.45) is 4.52. The first kappa shape index (κ1) is 43.9. The summed E-state index contributed by atoms with van der Waals surface area (Å²) < 4.78 is 0. The van der Waals surface area contributed by atoms with Crippen LogP contribution in [0.4, 0.5) is 27.9 Å². The van der Waals surface area contributed by atoms with Crippen LogP contribution in [0.25, 0.3) is 0 Å². The van der Waals surface area contributed by atoms with Gasteiger partial charge in [-0.3, -0.25) is 34.0 Å². The van der Waals surface area contributed by atoms with Gasteiger partial charge in [0.15, 0.2) is 0 Å². The molecule has 3 aromatic carbocycles. The second-order valence-corrected chi connectivity index (χ2v) is 16.6. The van der Waals surface area contributed by atoms with Crippen LogP contribution < -0.4 is 31.1 Å². The summed E-state index contributed by atoms with van der Waals surface area (Å²) in [7, 11) is 1.64. The number of nitrogens with zero attached hydrogens (tertiary/aromatic N) is 6. The smallest absolute Gasteiger partial charge is 0.330 e. The number of aryl methyl sites for hydroxylation is 2. The summed E-state index contributed by atoms with van der Waals surface area (Å²) in [5.41, 5.74) is 5.57. The number of aromatic nitrogens is 3. The van der Waals surface area contributed by atoms with Crippen LogP contribution in [0.3, 0.4) is 0 Å². The van der Waals surface area contributed by atoms with Crippen LogP contribution in [-0.2, 0) is 27.3 Å². The van der Waals surface area contributed by atoms with Gasteiger partial charge in [0.2, 0.25) is 23.7 Å². The summed E-state index contributed by atoms with van der Waals surface area (Å²) in [5.74, 6) is -1.11. The quantitative estimate of drug-likeness (QED) is 0.102. The Morgan fingerprint density at radius 2 is 1.57 bits per heavy atom. The Bertz CT molecular complexity index is 2470. The topological polar surface area (TPSA) is 182 Å². The van der Waals surface area contributed by atoms with Gasteiger partial charge in [0.05, 0.1) is 24.5 Å². The van der Waals surface area contributed by atoms with Crippen molar-refractivity contribution in [2.75, 3.05) is 28.7 Å². The average molecular weight is 851 g/mol. The molecule has 2 aliphatic heterocycles. The third-order valence-electron chi connectivity index (χ3n) is 11.6. The van der Waals surface area contributed by atoms with Crippen LogP contribution in [0.15, 0.2) is 103 Å². The molecule has 2 aromatic heterocycles. The normalized spacial score (nSPS) is 16.2. The van der Waals surface area contributed by atoms with Gasteiger partial charge >= 0.3 is 6.03 Å². The predicted molar refractivity (Wildman–Crippen MR) is 241 cm³/mol. The van der Waals surface area contributed by atoms with E-state index in [0.717, 1.165) is 22.4 Å². The highest BCUT2D eigenvalue weighted by molar-refractivity contribution is 6.07. The van der Waals surface area contributed by atoms with Crippen molar-refractivity contribution in [1.82, 2.24) is 35.8 Å². The van der Waals surface area contributed by atoms with Crippen molar-refractivity contribution >= 4 is 52.8 Å². The molecule has 6 amide bonds. The minimum Gasteiger partial charge on any atom is -0.348 e. The number of amides is 6. The van der Waals surface area contributed by atoms with Crippen molar-refractivity contribution in [3.63, 3.8) is 0 Å². The van der Waals surface area contributed by atoms with Crippen molar-refractivity contribution in [3.8, 4) is 0 Å². The Labute approximate surface area is 367 Å². The van der Waals surface area contributed by atoms with E-state index in [1.807, 2.05) is 107 Å². The van der Waals surface area contributed by atoms with Crippen molar-refractivity contribution in [1.29, 1.82) is 0 Å². The van der Waals surface area contributed by atoms with Crippen molar-refractivity contribution in [2.45, 2.75) is 84.6 Å². The first-order valence-electron chi connectivity index (χ1n) is 21.3. The largest absolute Gasteiger partial charge is 0.348 e. The minimum absolute atomic E-state index is 0.162. The van der Waals surface area contributed by atoms with Gasteiger partial charge in [0.1, 0.15) is 23.9 Å². The van der Waals surface area contributed by atoms with Crippen molar-refractivity contribution in [3.05, 3.63) is 137 Å². The molecule has 2 aliphatic rings. The summed E-state index contributed by atoms with van der Waals surface area (Å²) in [4.78, 5) is 88.2. The van der Waals surface area contributed by atoms with Crippen LogP contribution in [0, 0.1) is 19.8 Å². The number of urea groups is 1. The molecule has 15 heteroatoms. The number of anilines is 4. The number of rotatable bonds is 14. The van der Waals surface area contributed by atoms with Gasteiger partial charge in [-0.25, -0.2) is 9.78 Å². The molecule has 63 heavy (non-hydrogen) atoms. The van der Waals surface area contributed by atoms with Crippen molar-refractivity contribution < 1.29 is 24.0 Å². The number of fused-ring (bicyclic) bond motifs is 1. The molecule has 5 aromatic rings. The number of likely N-dealkylation sites (tertiary alicyclic amines) is 1. The summed E-state index contributed by atoms with van der Waals surface area (Å²) in [5, 5.41) is 12.1. The van der Waals surface area contributed by atoms with Crippen LogP contribution >= 0.6 is 0 Å². The molecule has 0 radical (unpaired) electrons. The zero-order valence-electron chi connectivity index (χ0n) is 36.5. The van der Waals surface area contributed by atoms with E-state index in [1.165, 1.54) is 9.80 Å². The maximum absolute atomic E-state index is 14.6. The van der Waals surface area contributed by atoms with Gasteiger partial charge in [0.25, 0.3) is 5.91 Å². The highest BCUT2D eigenvalue weighted by Gasteiger charge is 2.40. The molecule has 1 fully saturated rings. The lowest BCUT2D eigenvalue weighted by atomic mass is 10.0. The van der Waals surface area contributed by atoms with Gasteiger partial charge < -0.3 is 26.2 Å². The molecule has 15 nitrogen and oxygen atoms in total. The second-order valence-electron chi connectivity index (χ2n) is 16.6. The highest BCUT2D eigenvalue weighted by Crippen LogP contribution is 2.33. The number of hydrogen-bond acceptors (Lipinski definition) is 9. The Morgan fingerprint density at radius 1 is 0.841 bits per heavy atom. The fraction of sp³-hybridized carbons (Fsp3) is 0.333. The molecule has 0 bridgehead atoms. The van der Waals surface area contributed by atoms with Gasteiger partial charge in [-0.2, -0.15) is 4.98 Å². The van der Waals surface area contributed by atoms with E-state index >= 15 is 0 Å². The number of hydrogen-bond donors (Lipinski definition) is 4. The number of carbonyl (C=O) groups excluding carboxylic acids is 5. The maximum atomic E-state index is 14.6. The lowest BCUT2D eigenvalue weighted by Gasteiger charge is -2.35. The molecule has 0 saturated carbocycles. The second kappa shape index (κ2) is 19.3. The third-order valence-corrected chi connectivity index (χ3v) is 11.6. The van der Waals surface area contributed by atoms with Crippen LogP contribution in [0.1, 0.15) is 78.0 Å². The molecule has 326 valence electrons. The molecule has 4 N–H and O–H groups in total. The van der Waals surface area contributed by atoms with E-state index in [0.29, 0.717) is 48.1 Å². The SMILES string of the molecule is Cc1ccc(Nc2ncc3c(n2)N(C)C(=O)N(c2cc(C(=O)N[C@@H](Cc4ccccc4)C(=O)N4CCC[C@@H]4C(=O)N[C@H](C(=O)N[C@H](C)c4ccccc4)C(C)C)ccc2C)C3)cn1. The molecular formula is C48H54N10O5. The van der Waals surface area contributed by atoms with Crippen LogP contribution in [0.5, 0.6) is 0 Å². The fourth-order valence-corrected chi connectivity index (χ4v) is 7.98. The van der Waals surface area contributed by atoms with Gasteiger partial charge in [0, 0.05) is 48.7 Å². The van der Waals surface area contributed by atoms with Crippen molar-refractivity contribution in [2.24, 2.45) is 5.92 Å². The Kier molecular flexibility index (Phi) is 13.4. The first-order chi connectivity index (χ1) is 30.3. The summed E-state index contributed by atoms with van der Waals surface area (Å²) in [6.45, 7) is 9.85. The van der Waals surface area contributed by atoms with Gasteiger partial charge in [-0.05, 0) is 80.5 Å². The Morgan fingerprint density at radius 3 is 2.27 bits per heavy atom. The molecule has 0 unspecified atom stereocenters. The fourth-order valence-electron chi connectivity index (χ4n) is 7.98. The number of pyridine rings is 1. The molecule has 0 spiro atoms. The Hall–Kier alpha value is -7.16. The average Bonchev–Trinajstić information content (AvgIpc) is 3.78. The molecule has 4 atom stereocenters. The van der Waals surface area contributed by atoms with E-state index in [9.17, 15) is 24.0 Å². The zero-order valence-corrected chi connectivity index (χ0v) is 36.5. The standard InChI is InChI=1S/C48H54N10O5/c1-29(2)41(45(61)51-32(5)34-16-11-8-12-17-34)54-44(60)39-18-13-23-57(39)46(62)38(24-33-14-9-7-10-15-33)53-43(59)35-21-19-30(3)40(25-35)58-28-36-26-50-47(55-42(36)56(6)48(58)63)52-37-22-20-31(4)49-27-37/h7-12,14-17,19-22,25-27,29,32,38-39,41H,13,18,23-24,28H2,1-6H3,(H,51,61)(H,53,59)(H,54,60)(H,50,52,55)/t32-,38+,39-,41+/m1/s1. The van der Waals surface area contributed by atoms with Crippen LogP contribution in [0.2, 0.25) is 0 Å². The molecule has 1 saturated heterocycles. The maximum Gasteiger partial charge on any atom is 0.330 e. The minimum atomic E-state index is -1.03. The van der Waals surface area contributed by atoms with Gasteiger partial charge in [-0.1, -0.05) is 80.6 Å². The molecular weight excluding hydrogens is 797 g/mol. The zero-order chi connectivity index (χ0) is 44.8. The van der Waals surface area contributed by atoms with E-state index in [1.54, 1.807) is 42.5 Å². The molecule has 0 aliphatic carbocycles. The lowest BCUT2D eigenvalue weighted by Crippen LogP contribution is -2.57. The van der Waals surface area contributed by atoms with Crippen LogP contribution in [-0.4, -0.2) is 81.2 Å². The monoisotopic (exact) mass is 850 g/mol. The number of nitrogens with one attached hydrogen (secondary N) is 4. The Balaban J connectivity index is 1.07. The van der Waals surface area contributed by atoms with E-state index in [4.69, 9.17) is 0 Å². The third kappa shape index (κ3) is 10.1. The number of benzene rings is 3. The first-order valence-corrected chi connectivity index (χ1v) is 21.3. The summed E-state index contributed by atoms with van der Waals surface area (Å²) in [6, 6.07) is 24.4. The van der Waals surface area contributed by atoms with E-state index in [2.05, 4.69) is 36.2 Å². The lowest BCUT2D eigenvalue weighted by molar-refractivity contribution is -0.141. The summed E-state index contributed by atoms with van der Waals surface area (Å²) >= 11 is 0. The van der Waals surface area contributed by atoms with Gasteiger partial charge in [-0.15, -0.1) is 0 Å². The highest BCUT2D eigenvalue weighted by atomic mass is 16.2. The molecule has 7 rings (SSSR count). The molecule has 4 heterocycles. The number of carbonyl (C=O) groups is 5. The van der Waals surface area contributed by atoms with E-state index < -0.39 is 35.8 Å².